The quantitative estimate of drug-likeness (QED) is 0.150. The maximum Gasteiger partial charge on any atom is 0.271 e. The van der Waals surface area contributed by atoms with Crippen molar-refractivity contribution in [2.24, 2.45) is 17.8 Å². The summed E-state index contributed by atoms with van der Waals surface area (Å²) in [7, 11) is 0. The number of hydrogen-bond acceptors (Lipinski definition) is 8. The van der Waals surface area contributed by atoms with Crippen LogP contribution in [0.1, 0.15) is 63.9 Å². The second kappa shape index (κ2) is 12.7. The number of carbonyl (C=O) groups excluding carboxylic acids is 2. The van der Waals surface area contributed by atoms with E-state index in [-0.39, 0.29) is 24.4 Å². The molecule has 4 atom stereocenters. The zero-order valence-corrected chi connectivity index (χ0v) is 22.8. The van der Waals surface area contributed by atoms with Crippen molar-refractivity contribution in [3.8, 4) is 0 Å². The van der Waals surface area contributed by atoms with Crippen LogP contribution in [0.4, 0.5) is 11.4 Å². The molecule has 3 N–H and O–H groups in total. The Labute approximate surface area is 232 Å². The van der Waals surface area contributed by atoms with E-state index in [1.54, 1.807) is 12.1 Å². The lowest BCUT2D eigenvalue weighted by atomic mass is 9.67. The van der Waals surface area contributed by atoms with Crippen LogP contribution in [-0.4, -0.2) is 44.8 Å². The summed E-state index contributed by atoms with van der Waals surface area (Å²) < 4.78 is 5.60. The Morgan fingerprint density at radius 3 is 2.58 bits per heavy atom. The minimum atomic E-state index is -0.923. The number of allylic oxidation sites excluding steroid dienone is 2. The lowest BCUT2D eigenvalue weighted by molar-refractivity contribution is -0.384. The number of non-ortho nitro benzene ring substituents is 1. The fraction of sp³-hybridized carbons (Fsp3) is 0.467. The number of anilines is 1. The smallest absolute Gasteiger partial charge is 0.271 e. The van der Waals surface area contributed by atoms with E-state index in [0.717, 1.165) is 28.9 Å². The summed E-state index contributed by atoms with van der Waals surface area (Å²) in [6, 6.07) is 8.91. The molecular weight excluding hydrogens is 516 g/mol. The molecule has 214 valence electrons. The molecule has 0 spiro atoms. The van der Waals surface area contributed by atoms with E-state index >= 15 is 0 Å². The number of benzene rings is 1. The number of amides is 2. The van der Waals surface area contributed by atoms with Crippen LogP contribution in [0.2, 0.25) is 0 Å². The third-order valence-electron chi connectivity index (χ3n) is 7.96. The summed E-state index contributed by atoms with van der Waals surface area (Å²) in [5.74, 6) is -2.16. The molecule has 2 heterocycles. The standard InChI is InChI=1S/C30H36N2O8/c1-3-6-18(13-22-10-11-23(16-33)40-22)9-12-26(35)27-19(4-2)14-24-28(25(27)17-34)30(37)31(29(24)36)20-7-5-8-21(15-20)32(38)39/h5,7-8,10-11,13,15,24-26,28,33-35H,3-4,6,9,12,14,16-17H2,1-2H3/b18-13+/t24-,25+,26-,28-/m1/s1. The van der Waals surface area contributed by atoms with Gasteiger partial charge in [-0.15, -0.1) is 0 Å². The molecule has 1 aromatic heterocycles. The van der Waals surface area contributed by atoms with Crippen molar-refractivity contribution in [2.45, 2.75) is 65.1 Å². The summed E-state index contributed by atoms with van der Waals surface area (Å²) in [5, 5.41) is 42.4. The Balaban J connectivity index is 1.58. The molecule has 10 nitrogen and oxygen atoms in total. The van der Waals surface area contributed by atoms with Crippen molar-refractivity contribution in [2.75, 3.05) is 11.5 Å². The minimum absolute atomic E-state index is 0.132. The highest BCUT2D eigenvalue weighted by molar-refractivity contribution is 6.22. The highest BCUT2D eigenvalue weighted by Gasteiger charge is 2.55. The average Bonchev–Trinajstić information content (AvgIpc) is 3.51. The van der Waals surface area contributed by atoms with Crippen molar-refractivity contribution >= 4 is 29.3 Å². The van der Waals surface area contributed by atoms with Crippen molar-refractivity contribution in [1.82, 2.24) is 0 Å². The molecule has 0 radical (unpaired) electrons. The van der Waals surface area contributed by atoms with Crippen LogP contribution in [0.25, 0.3) is 6.08 Å². The second-order valence-electron chi connectivity index (χ2n) is 10.4. The zero-order valence-electron chi connectivity index (χ0n) is 22.8. The lowest BCUT2D eigenvalue weighted by Gasteiger charge is -2.36. The van der Waals surface area contributed by atoms with Gasteiger partial charge in [0.15, 0.2) is 0 Å². The van der Waals surface area contributed by atoms with Gasteiger partial charge in [-0.3, -0.25) is 19.7 Å². The third-order valence-corrected chi connectivity index (χ3v) is 7.96. The largest absolute Gasteiger partial charge is 0.459 e. The number of hydrogen-bond donors (Lipinski definition) is 3. The first-order valence-electron chi connectivity index (χ1n) is 13.8. The molecule has 1 fully saturated rings. The molecule has 2 aliphatic rings. The molecular formula is C30H36N2O8. The van der Waals surface area contributed by atoms with Gasteiger partial charge in [0.25, 0.3) is 5.69 Å². The molecule has 0 bridgehead atoms. The van der Waals surface area contributed by atoms with Gasteiger partial charge >= 0.3 is 0 Å². The predicted octanol–water partition coefficient (Wildman–Crippen LogP) is 4.53. The van der Waals surface area contributed by atoms with E-state index in [1.165, 1.54) is 24.3 Å². The first kappa shape index (κ1) is 29.4. The van der Waals surface area contributed by atoms with Crippen LogP contribution in [0, 0.1) is 27.9 Å². The van der Waals surface area contributed by atoms with Crippen LogP contribution in [-0.2, 0) is 16.2 Å². The molecule has 1 saturated heterocycles. The minimum Gasteiger partial charge on any atom is -0.459 e. The first-order valence-corrected chi connectivity index (χ1v) is 13.8. The van der Waals surface area contributed by atoms with E-state index in [0.29, 0.717) is 36.4 Å². The summed E-state index contributed by atoms with van der Waals surface area (Å²) in [5.41, 5.74) is 2.44. The van der Waals surface area contributed by atoms with Crippen LogP contribution in [0.15, 0.2) is 57.5 Å². The zero-order chi connectivity index (χ0) is 29.0. The Morgan fingerprint density at radius 2 is 1.95 bits per heavy atom. The van der Waals surface area contributed by atoms with Crippen LogP contribution >= 0.6 is 0 Å². The number of nitro benzene ring substituents is 1. The summed E-state index contributed by atoms with van der Waals surface area (Å²) >= 11 is 0. The maximum atomic E-state index is 13.6. The second-order valence-corrected chi connectivity index (χ2v) is 10.4. The number of aliphatic hydroxyl groups is 3. The molecule has 4 rings (SSSR count). The molecule has 0 unspecified atom stereocenters. The average molecular weight is 553 g/mol. The van der Waals surface area contributed by atoms with Crippen molar-refractivity contribution in [1.29, 1.82) is 0 Å². The number of fused-ring (bicyclic) bond motifs is 1. The molecule has 2 aromatic rings. The van der Waals surface area contributed by atoms with Crippen LogP contribution < -0.4 is 4.90 Å². The van der Waals surface area contributed by atoms with Gasteiger partial charge in [0.1, 0.15) is 18.1 Å². The predicted molar refractivity (Wildman–Crippen MR) is 148 cm³/mol. The SMILES string of the molecule is CCC/C(=C\c1ccc(CO)o1)CC[C@@H](O)C1=C(CC)C[C@H]2C(=O)N(c3cccc([N+](=O)[O-])c3)C(=O)[C@H]2[C@H]1CO. The summed E-state index contributed by atoms with van der Waals surface area (Å²) in [4.78, 5) is 38.8. The van der Waals surface area contributed by atoms with Gasteiger partial charge in [-0.05, 0) is 62.0 Å². The molecule has 1 aliphatic heterocycles. The molecule has 0 saturated carbocycles. The van der Waals surface area contributed by atoms with Crippen LogP contribution in [0.5, 0.6) is 0 Å². The van der Waals surface area contributed by atoms with Gasteiger partial charge in [0.2, 0.25) is 11.8 Å². The van der Waals surface area contributed by atoms with Gasteiger partial charge < -0.3 is 19.7 Å². The maximum absolute atomic E-state index is 13.6. The number of aliphatic hydroxyl groups excluding tert-OH is 3. The van der Waals surface area contributed by atoms with Crippen LogP contribution in [0.3, 0.4) is 0 Å². The van der Waals surface area contributed by atoms with Gasteiger partial charge in [-0.2, -0.15) is 0 Å². The van der Waals surface area contributed by atoms with E-state index in [9.17, 15) is 35.0 Å². The molecule has 40 heavy (non-hydrogen) atoms. The normalized spacial score (nSPS) is 22.2. The van der Waals surface area contributed by atoms with Gasteiger partial charge in [-0.1, -0.05) is 37.5 Å². The fourth-order valence-corrected chi connectivity index (χ4v) is 6.12. The molecule has 2 amide bonds. The molecule has 1 aliphatic carbocycles. The highest BCUT2D eigenvalue weighted by atomic mass is 16.6. The number of nitrogens with zero attached hydrogens (tertiary/aromatic N) is 2. The molecule has 10 heteroatoms. The highest BCUT2D eigenvalue weighted by Crippen LogP contribution is 2.48. The van der Waals surface area contributed by atoms with Crippen molar-refractivity contribution in [3.05, 3.63) is 74.8 Å². The Hall–Kier alpha value is -3.60. The van der Waals surface area contributed by atoms with E-state index in [2.05, 4.69) is 6.92 Å². The number of imide groups is 1. The number of nitro groups is 1. The Kier molecular flexibility index (Phi) is 9.34. The topological polar surface area (TPSA) is 154 Å². The van der Waals surface area contributed by atoms with Gasteiger partial charge in [0.05, 0.1) is 35.2 Å². The third kappa shape index (κ3) is 5.79. The summed E-state index contributed by atoms with van der Waals surface area (Å²) in [6.07, 6.45) is 4.44. The Bertz CT molecular complexity index is 1330. The van der Waals surface area contributed by atoms with E-state index in [4.69, 9.17) is 4.42 Å². The fourth-order valence-electron chi connectivity index (χ4n) is 6.12. The van der Waals surface area contributed by atoms with Crippen molar-refractivity contribution < 1.29 is 34.2 Å². The first-order chi connectivity index (χ1) is 19.2. The lowest BCUT2D eigenvalue weighted by Crippen LogP contribution is -2.39. The van der Waals surface area contributed by atoms with Gasteiger partial charge in [-0.25, -0.2) is 4.90 Å². The van der Waals surface area contributed by atoms with E-state index in [1.807, 2.05) is 13.0 Å². The monoisotopic (exact) mass is 552 g/mol. The number of furan rings is 1. The van der Waals surface area contributed by atoms with E-state index < -0.39 is 47.2 Å². The Morgan fingerprint density at radius 1 is 1.18 bits per heavy atom. The van der Waals surface area contributed by atoms with Crippen molar-refractivity contribution in [3.63, 3.8) is 0 Å². The number of carbonyl (C=O) groups is 2. The molecule has 1 aromatic carbocycles. The van der Waals surface area contributed by atoms with Gasteiger partial charge in [0, 0.05) is 18.1 Å². The number of rotatable bonds is 12. The summed E-state index contributed by atoms with van der Waals surface area (Å²) in [6.45, 7) is 3.39.